The first-order valence-corrected chi connectivity index (χ1v) is 7.52. The summed E-state index contributed by atoms with van der Waals surface area (Å²) in [7, 11) is 2.17. The first-order chi connectivity index (χ1) is 9.13. The Labute approximate surface area is 117 Å². The van der Waals surface area contributed by atoms with Crippen LogP contribution in [0.25, 0.3) is 0 Å². The fraction of sp³-hybridized carbons (Fsp3) is 0.688. The Hall–Kier alpha value is -1.09. The van der Waals surface area contributed by atoms with Gasteiger partial charge < -0.3 is 10.2 Å². The average Bonchev–Trinajstić information content (AvgIpc) is 3.11. The summed E-state index contributed by atoms with van der Waals surface area (Å²) in [5.74, 6) is 2.89. The van der Waals surface area contributed by atoms with Gasteiger partial charge in [-0.25, -0.2) is 4.98 Å². The molecule has 1 aromatic rings. The number of nitrogens with zero attached hydrogens (tertiary/aromatic N) is 2. The number of pyridine rings is 1. The molecule has 1 saturated carbocycles. The Bertz CT molecular complexity index is 405. The molecule has 0 spiro atoms. The minimum atomic E-state index is 0.364. The summed E-state index contributed by atoms with van der Waals surface area (Å²) in [5, 5.41) is 3.55. The van der Waals surface area contributed by atoms with Crippen molar-refractivity contribution >= 4 is 5.82 Å². The van der Waals surface area contributed by atoms with Gasteiger partial charge in [0.1, 0.15) is 5.82 Å². The molecule has 0 radical (unpaired) electrons. The quantitative estimate of drug-likeness (QED) is 0.816. The molecule has 0 bridgehead atoms. The highest BCUT2D eigenvalue weighted by Crippen LogP contribution is 2.39. The molecule has 3 nitrogen and oxygen atoms in total. The van der Waals surface area contributed by atoms with Crippen molar-refractivity contribution in [3.05, 3.63) is 23.9 Å². The summed E-state index contributed by atoms with van der Waals surface area (Å²) < 4.78 is 0. The Morgan fingerprint density at radius 3 is 2.89 bits per heavy atom. The molecule has 3 heteroatoms. The van der Waals surface area contributed by atoms with Crippen molar-refractivity contribution in [1.29, 1.82) is 0 Å². The Morgan fingerprint density at radius 1 is 1.53 bits per heavy atom. The lowest BCUT2D eigenvalue weighted by Gasteiger charge is -2.24. The summed E-state index contributed by atoms with van der Waals surface area (Å²) in [6.07, 6.45) is 4.43. The van der Waals surface area contributed by atoms with Crippen LogP contribution in [0.1, 0.15) is 45.2 Å². The summed E-state index contributed by atoms with van der Waals surface area (Å²) in [6, 6.07) is 4.60. The van der Waals surface area contributed by atoms with Crippen molar-refractivity contribution < 1.29 is 0 Å². The van der Waals surface area contributed by atoms with Gasteiger partial charge in [-0.1, -0.05) is 19.9 Å². The van der Waals surface area contributed by atoms with Gasteiger partial charge in [-0.05, 0) is 44.2 Å². The molecule has 0 amide bonds. The molecule has 1 aromatic heterocycles. The van der Waals surface area contributed by atoms with Crippen LogP contribution in [0.2, 0.25) is 0 Å². The molecular formula is C16H27N3. The van der Waals surface area contributed by atoms with E-state index >= 15 is 0 Å². The van der Waals surface area contributed by atoms with E-state index in [1.54, 1.807) is 0 Å². The predicted octanol–water partition coefficient (Wildman–Crippen LogP) is 3.23. The number of hydrogen-bond acceptors (Lipinski definition) is 3. The molecule has 1 fully saturated rings. The largest absolute Gasteiger partial charge is 0.359 e. The third-order valence-electron chi connectivity index (χ3n) is 4.13. The third kappa shape index (κ3) is 3.69. The molecule has 1 aliphatic rings. The highest BCUT2D eigenvalue weighted by atomic mass is 15.2. The van der Waals surface area contributed by atoms with Crippen LogP contribution in [0.3, 0.4) is 0 Å². The van der Waals surface area contributed by atoms with E-state index in [1.807, 2.05) is 12.3 Å². The van der Waals surface area contributed by atoms with Crippen molar-refractivity contribution in [2.45, 2.75) is 39.7 Å². The Balaban J connectivity index is 2.06. The average molecular weight is 261 g/mol. The second-order valence-electron chi connectivity index (χ2n) is 5.95. The smallest absolute Gasteiger partial charge is 0.133 e. The van der Waals surface area contributed by atoms with E-state index < -0.39 is 0 Å². The van der Waals surface area contributed by atoms with E-state index in [1.165, 1.54) is 12.0 Å². The number of rotatable bonds is 7. The zero-order valence-electron chi connectivity index (χ0n) is 12.7. The Morgan fingerprint density at radius 2 is 2.26 bits per heavy atom. The SMILES string of the molecule is CCCNC(C)c1cccnc1N(C)CC1CC1C. The van der Waals surface area contributed by atoms with Gasteiger partial charge in [-0.2, -0.15) is 0 Å². The van der Waals surface area contributed by atoms with Gasteiger partial charge >= 0.3 is 0 Å². The van der Waals surface area contributed by atoms with Gasteiger partial charge in [0.25, 0.3) is 0 Å². The highest BCUT2D eigenvalue weighted by Gasteiger charge is 2.33. The van der Waals surface area contributed by atoms with Crippen molar-refractivity contribution in [2.75, 3.05) is 25.0 Å². The fourth-order valence-electron chi connectivity index (χ4n) is 2.63. The highest BCUT2D eigenvalue weighted by molar-refractivity contribution is 5.47. The standard InChI is InChI=1S/C16H27N3/c1-5-8-17-13(3)15-7-6-9-18-16(15)19(4)11-14-10-12(14)2/h6-7,9,12-14,17H,5,8,10-11H2,1-4H3. The molecule has 0 saturated heterocycles. The van der Waals surface area contributed by atoms with Gasteiger partial charge in [0.15, 0.2) is 0 Å². The van der Waals surface area contributed by atoms with Crippen LogP contribution in [0.15, 0.2) is 18.3 Å². The van der Waals surface area contributed by atoms with Crippen LogP contribution >= 0.6 is 0 Å². The predicted molar refractivity (Wildman–Crippen MR) is 81.5 cm³/mol. The van der Waals surface area contributed by atoms with Crippen molar-refractivity contribution in [1.82, 2.24) is 10.3 Å². The first-order valence-electron chi connectivity index (χ1n) is 7.52. The van der Waals surface area contributed by atoms with Gasteiger partial charge in [0.05, 0.1) is 0 Å². The fourth-order valence-corrected chi connectivity index (χ4v) is 2.63. The lowest BCUT2D eigenvalue weighted by atomic mass is 10.1. The van der Waals surface area contributed by atoms with E-state index in [0.717, 1.165) is 37.2 Å². The molecule has 3 unspecified atom stereocenters. The number of hydrogen-bond donors (Lipinski definition) is 1. The zero-order valence-corrected chi connectivity index (χ0v) is 12.7. The normalized spacial score (nSPS) is 23.2. The van der Waals surface area contributed by atoms with Gasteiger partial charge in [0.2, 0.25) is 0 Å². The Kier molecular flexibility index (Phi) is 4.81. The van der Waals surface area contributed by atoms with Crippen LogP contribution in [0.4, 0.5) is 5.82 Å². The van der Waals surface area contributed by atoms with E-state index in [0.29, 0.717) is 6.04 Å². The van der Waals surface area contributed by atoms with Crippen molar-refractivity contribution in [3.8, 4) is 0 Å². The molecule has 0 aliphatic heterocycles. The zero-order chi connectivity index (χ0) is 13.8. The van der Waals surface area contributed by atoms with E-state index in [9.17, 15) is 0 Å². The van der Waals surface area contributed by atoms with Crippen molar-refractivity contribution in [3.63, 3.8) is 0 Å². The van der Waals surface area contributed by atoms with E-state index in [2.05, 4.69) is 49.1 Å². The minimum absolute atomic E-state index is 0.364. The molecule has 3 atom stereocenters. The monoisotopic (exact) mass is 261 g/mol. The molecule has 1 N–H and O–H groups in total. The summed E-state index contributed by atoms with van der Waals surface area (Å²) in [5.41, 5.74) is 1.31. The molecule has 19 heavy (non-hydrogen) atoms. The van der Waals surface area contributed by atoms with Gasteiger partial charge in [-0.3, -0.25) is 0 Å². The summed E-state index contributed by atoms with van der Waals surface area (Å²) in [4.78, 5) is 6.93. The summed E-state index contributed by atoms with van der Waals surface area (Å²) >= 11 is 0. The van der Waals surface area contributed by atoms with Crippen LogP contribution in [-0.4, -0.2) is 25.1 Å². The molecule has 1 aliphatic carbocycles. The maximum absolute atomic E-state index is 4.60. The van der Waals surface area contributed by atoms with E-state index in [-0.39, 0.29) is 0 Å². The molecular weight excluding hydrogens is 234 g/mol. The number of nitrogens with one attached hydrogen (secondary N) is 1. The maximum atomic E-state index is 4.60. The molecule has 0 aromatic carbocycles. The molecule has 2 rings (SSSR count). The first kappa shape index (κ1) is 14.3. The van der Waals surface area contributed by atoms with Gasteiger partial charge in [-0.15, -0.1) is 0 Å². The lowest BCUT2D eigenvalue weighted by Crippen LogP contribution is -2.26. The third-order valence-corrected chi connectivity index (χ3v) is 4.13. The number of anilines is 1. The molecule has 1 heterocycles. The van der Waals surface area contributed by atoms with E-state index in [4.69, 9.17) is 0 Å². The summed E-state index contributed by atoms with van der Waals surface area (Å²) in [6.45, 7) is 8.95. The second-order valence-corrected chi connectivity index (χ2v) is 5.95. The van der Waals surface area contributed by atoms with Crippen molar-refractivity contribution in [2.24, 2.45) is 11.8 Å². The maximum Gasteiger partial charge on any atom is 0.133 e. The van der Waals surface area contributed by atoms with Crippen LogP contribution in [0.5, 0.6) is 0 Å². The topological polar surface area (TPSA) is 28.2 Å². The van der Waals surface area contributed by atoms with Crippen LogP contribution < -0.4 is 10.2 Å². The second kappa shape index (κ2) is 6.38. The molecule has 106 valence electrons. The lowest BCUT2D eigenvalue weighted by molar-refractivity contribution is 0.567. The number of aromatic nitrogens is 1. The van der Waals surface area contributed by atoms with Gasteiger partial charge in [0, 0.05) is 31.4 Å². The van der Waals surface area contributed by atoms with Crippen LogP contribution in [0, 0.1) is 11.8 Å². The van der Waals surface area contributed by atoms with Crippen LogP contribution in [-0.2, 0) is 0 Å². The minimum Gasteiger partial charge on any atom is -0.359 e.